The van der Waals surface area contributed by atoms with Crippen LogP contribution in [0.5, 0.6) is 0 Å². The molecular weight excluding hydrogens is 242 g/mol. The molecule has 3 atom stereocenters. The average molecular weight is 280 g/mol. The lowest BCUT2D eigenvalue weighted by Crippen LogP contribution is -2.45. The second kappa shape index (κ2) is 7.82. The normalized spacial score (nSPS) is 40.5. The molecule has 2 fully saturated rings. The highest BCUT2D eigenvalue weighted by molar-refractivity contribution is 4.90. The first-order valence-electron chi connectivity index (χ1n) is 9.37. The van der Waals surface area contributed by atoms with E-state index in [2.05, 4.69) is 33.0 Å². The third-order valence-electron chi connectivity index (χ3n) is 6.14. The molecule has 0 heterocycles. The van der Waals surface area contributed by atoms with Crippen molar-refractivity contribution in [1.82, 2.24) is 5.32 Å². The van der Waals surface area contributed by atoms with Crippen molar-refractivity contribution in [2.75, 3.05) is 6.54 Å². The van der Waals surface area contributed by atoms with Crippen molar-refractivity contribution < 1.29 is 0 Å². The molecule has 0 aromatic heterocycles. The summed E-state index contributed by atoms with van der Waals surface area (Å²) in [6, 6.07) is 0.808. The Labute approximate surface area is 127 Å². The summed E-state index contributed by atoms with van der Waals surface area (Å²) in [6.45, 7) is 10.8. The molecule has 20 heavy (non-hydrogen) atoms. The predicted molar refractivity (Wildman–Crippen MR) is 88.9 cm³/mol. The smallest absolute Gasteiger partial charge is 0.0124 e. The van der Waals surface area contributed by atoms with Crippen molar-refractivity contribution in [3.05, 3.63) is 0 Å². The molecule has 1 heteroatoms. The van der Waals surface area contributed by atoms with E-state index in [1.165, 1.54) is 51.4 Å². The molecule has 3 unspecified atom stereocenters. The largest absolute Gasteiger partial charge is 0.314 e. The van der Waals surface area contributed by atoms with Crippen molar-refractivity contribution in [3.63, 3.8) is 0 Å². The van der Waals surface area contributed by atoms with Gasteiger partial charge < -0.3 is 5.32 Å². The Kier molecular flexibility index (Phi) is 6.39. The van der Waals surface area contributed by atoms with E-state index < -0.39 is 0 Å². The molecule has 118 valence electrons. The van der Waals surface area contributed by atoms with Crippen LogP contribution in [0.1, 0.15) is 79.1 Å². The zero-order valence-corrected chi connectivity index (χ0v) is 14.3. The van der Waals surface area contributed by atoms with Crippen molar-refractivity contribution in [3.8, 4) is 0 Å². The molecule has 0 saturated heterocycles. The van der Waals surface area contributed by atoms with Gasteiger partial charge in [0, 0.05) is 6.04 Å². The Morgan fingerprint density at radius 1 is 0.850 bits per heavy atom. The lowest BCUT2D eigenvalue weighted by Gasteiger charge is -2.42. The van der Waals surface area contributed by atoms with Gasteiger partial charge in [-0.05, 0) is 68.2 Å². The Hall–Kier alpha value is -0.0400. The lowest BCUT2D eigenvalue weighted by molar-refractivity contribution is 0.116. The van der Waals surface area contributed by atoms with Gasteiger partial charge in [-0.15, -0.1) is 0 Å². The highest BCUT2D eigenvalue weighted by atomic mass is 14.9. The molecular formula is C19H37N. The Balaban J connectivity index is 1.95. The highest BCUT2D eigenvalue weighted by Crippen LogP contribution is 2.41. The topological polar surface area (TPSA) is 12.0 Å². The molecule has 1 nitrogen and oxygen atoms in total. The summed E-state index contributed by atoms with van der Waals surface area (Å²) >= 11 is 0. The highest BCUT2D eigenvalue weighted by Gasteiger charge is 2.35. The number of nitrogens with one attached hydrogen (secondary N) is 1. The third kappa shape index (κ3) is 4.23. The van der Waals surface area contributed by atoms with Crippen molar-refractivity contribution in [1.29, 1.82) is 0 Å². The van der Waals surface area contributed by atoms with Gasteiger partial charge in [-0.3, -0.25) is 0 Å². The minimum absolute atomic E-state index is 0.808. The fraction of sp³-hybridized carbons (Fsp3) is 1.00. The van der Waals surface area contributed by atoms with Gasteiger partial charge in [-0.2, -0.15) is 0 Å². The molecule has 0 bridgehead atoms. The van der Waals surface area contributed by atoms with Crippen LogP contribution >= 0.6 is 0 Å². The molecule has 0 aromatic carbocycles. The fourth-order valence-corrected chi connectivity index (χ4v) is 5.21. The van der Waals surface area contributed by atoms with Gasteiger partial charge in [0.1, 0.15) is 0 Å². The summed E-state index contributed by atoms with van der Waals surface area (Å²) < 4.78 is 0. The van der Waals surface area contributed by atoms with Crippen LogP contribution in [0.15, 0.2) is 0 Å². The molecule has 2 aliphatic rings. The van der Waals surface area contributed by atoms with Gasteiger partial charge in [0.2, 0.25) is 0 Å². The molecule has 0 amide bonds. The van der Waals surface area contributed by atoms with Gasteiger partial charge >= 0.3 is 0 Å². The molecule has 2 saturated carbocycles. The second-order valence-electron chi connectivity index (χ2n) is 7.95. The van der Waals surface area contributed by atoms with E-state index in [0.717, 1.165) is 42.2 Å². The summed E-state index contributed by atoms with van der Waals surface area (Å²) in [5, 5.41) is 3.90. The standard InChI is InChI=1S/C19H37N/c1-5-16-7-9-17(10-8-16)19(20-6-2)18-12-14(3)11-15(4)13-18/h14-20H,5-13H2,1-4H3. The molecule has 1 N–H and O–H groups in total. The van der Waals surface area contributed by atoms with Crippen LogP contribution in [0.4, 0.5) is 0 Å². The van der Waals surface area contributed by atoms with E-state index in [9.17, 15) is 0 Å². The van der Waals surface area contributed by atoms with E-state index in [0.29, 0.717) is 0 Å². The molecule has 0 aromatic rings. The SMILES string of the molecule is CCNC(C1CCC(CC)CC1)C1CC(C)CC(C)C1. The summed E-state index contributed by atoms with van der Waals surface area (Å²) in [6.07, 6.45) is 11.7. The molecule has 0 spiro atoms. The van der Waals surface area contributed by atoms with E-state index in [1.807, 2.05) is 0 Å². The second-order valence-corrected chi connectivity index (χ2v) is 7.95. The fourth-order valence-electron chi connectivity index (χ4n) is 5.21. The molecule has 2 aliphatic carbocycles. The first kappa shape index (κ1) is 16.3. The zero-order chi connectivity index (χ0) is 14.5. The van der Waals surface area contributed by atoms with Gasteiger partial charge in [0.15, 0.2) is 0 Å². The van der Waals surface area contributed by atoms with Crippen molar-refractivity contribution in [2.45, 2.75) is 85.1 Å². The maximum absolute atomic E-state index is 3.90. The first-order chi connectivity index (χ1) is 9.63. The lowest BCUT2D eigenvalue weighted by atomic mass is 9.67. The monoisotopic (exact) mass is 279 g/mol. The van der Waals surface area contributed by atoms with Crippen LogP contribution in [0, 0.1) is 29.6 Å². The van der Waals surface area contributed by atoms with Crippen LogP contribution in [0.25, 0.3) is 0 Å². The van der Waals surface area contributed by atoms with Gasteiger partial charge in [0.25, 0.3) is 0 Å². The van der Waals surface area contributed by atoms with E-state index in [4.69, 9.17) is 0 Å². The van der Waals surface area contributed by atoms with Gasteiger partial charge in [-0.1, -0.05) is 47.0 Å². The quantitative estimate of drug-likeness (QED) is 0.724. The van der Waals surface area contributed by atoms with Crippen LogP contribution in [0.2, 0.25) is 0 Å². The number of hydrogen-bond acceptors (Lipinski definition) is 1. The van der Waals surface area contributed by atoms with Crippen molar-refractivity contribution >= 4 is 0 Å². The maximum Gasteiger partial charge on any atom is 0.0124 e. The average Bonchev–Trinajstić information content (AvgIpc) is 2.44. The van der Waals surface area contributed by atoms with E-state index in [1.54, 1.807) is 0 Å². The Bertz CT molecular complexity index is 257. The molecule has 2 rings (SSSR count). The summed E-state index contributed by atoms with van der Waals surface area (Å²) in [5.41, 5.74) is 0. The van der Waals surface area contributed by atoms with Gasteiger partial charge in [0.05, 0.1) is 0 Å². The summed E-state index contributed by atoms with van der Waals surface area (Å²) in [4.78, 5) is 0. The van der Waals surface area contributed by atoms with Crippen LogP contribution in [-0.2, 0) is 0 Å². The van der Waals surface area contributed by atoms with Crippen LogP contribution in [-0.4, -0.2) is 12.6 Å². The number of rotatable bonds is 5. The predicted octanol–water partition coefficient (Wildman–Crippen LogP) is 5.25. The Morgan fingerprint density at radius 2 is 1.45 bits per heavy atom. The summed E-state index contributed by atoms with van der Waals surface area (Å²) in [7, 11) is 0. The maximum atomic E-state index is 3.90. The van der Waals surface area contributed by atoms with Crippen molar-refractivity contribution in [2.24, 2.45) is 29.6 Å². The minimum atomic E-state index is 0.808. The third-order valence-corrected chi connectivity index (χ3v) is 6.14. The Morgan fingerprint density at radius 3 is 1.95 bits per heavy atom. The van der Waals surface area contributed by atoms with E-state index in [-0.39, 0.29) is 0 Å². The van der Waals surface area contributed by atoms with Crippen LogP contribution in [0.3, 0.4) is 0 Å². The van der Waals surface area contributed by atoms with Gasteiger partial charge in [-0.25, -0.2) is 0 Å². The minimum Gasteiger partial charge on any atom is -0.314 e. The zero-order valence-electron chi connectivity index (χ0n) is 14.3. The summed E-state index contributed by atoms with van der Waals surface area (Å²) in [5.74, 6) is 4.81. The number of hydrogen-bond donors (Lipinski definition) is 1. The van der Waals surface area contributed by atoms with E-state index >= 15 is 0 Å². The first-order valence-corrected chi connectivity index (χ1v) is 9.37. The van der Waals surface area contributed by atoms with Crippen LogP contribution < -0.4 is 5.32 Å². The molecule has 0 aliphatic heterocycles. The molecule has 0 radical (unpaired) electrons.